The van der Waals surface area contributed by atoms with Gasteiger partial charge in [-0.3, -0.25) is 0 Å². The van der Waals surface area contributed by atoms with E-state index in [9.17, 15) is 0 Å². The van der Waals surface area contributed by atoms with Crippen LogP contribution in [-0.2, 0) is 43.0 Å². The Morgan fingerprint density at radius 1 is 1.00 bits per heavy atom. The molecule has 0 aromatic heterocycles. The quantitative estimate of drug-likeness (QED) is 0.415. The molecule has 0 spiro atoms. The molecule has 0 rings (SSSR count). The molecular weight excluding hydrogens is 265 g/mol. The molecule has 4 heteroatoms. The Morgan fingerprint density at radius 2 is 1.00 bits per heavy atom. The predicted octanol–water partition coefficient (Wildman–Crippen LogP) is -3.12. The summed E-state index contributed by atoms with van der Waals surface area (Å²) in [6.07, 6.45) is 0. The van der Waals surface area contributed by atoms with Gasteiger partial charge in [-0.2, -0.15) is 0 Å². The van der Waals surface area contributed by atoms with Gasteiger partial charge in [-0.05, 0) is 0 Å². The van der Waals surface area contributed by atoms with Crippen molar-refractivity contribution in [1.82, 2.24) is 0 Å². The van der Waals surface area contributed by atoms with Crippen LogP contribution in [0.5, 0.6) is 0 Å². The third-order valence-electron chi connectivity index (χ3n) is 0. The number of hydrogen-bond donors (Lipinski definition) is 0. The molecule has 0 heterocycles. The van der Waals surface area contributed by atoms with Crippen molar-refractivity contribution in [1.29, 1.82) is 0 Å². The molecule has 0 bridgehead atoms. The number of hydrogen-bond acceptors (Lipinski definition) is 0. The van der Waals surface area contributed by atoms with E-state index in [4.69, 9.17) is 0 Å². The maximum absolute atomic E-state index is 0. The Morgan fingerprint density at radius 3 is 1.00 bits per heavy atom. The predicted molar refractivity (Wildman–Crippen MR) is 0.686 cm³/mol. The van der Waals surface area contributed by atoms with E-state index >= 15 is 0 Å². The second-order valence-electron chi connectivity index (χ2n) is 0. The molecule has 0 unspecified atom stereocenters. The Labute approximate surface area is 61.6 Å². The molecule has 0 saturated heterocycles. The van der Waals surface area contributed by atoms with Gasteiger partial charge in [-0.15, -0.1) is 0 Å². The van der Waals surface area contributed by atoms with E-state index in [0.29, 0.717) is 0 Å². The Kier molecular flexibility index (Phi) is 233. The molecule has 0 aliphatic heterocycles. The molecule has 0 aromatic carbocycles. The summed E-state index contributed by atoms with van der Waals surface area (Å²) in [5.41, 5.74) is 0. The molecule has 0 amide bonds. The van der Waals surface area contributed by atoms with Crippen LogP contribution < -0.4 is 18.9 Å². The maximum atomic E-state index is 0. The first kappa shape index (κ1) is 42.6. The number of rotatable bonds is 0. The van der Waals surface area contributed by atoms with Crippen LogP contribution in [0.25, 0.3) is 0 Å². The summed E-state index contributed by atoms with van der Waals surface area (Å²) in [5, 5.41) is 0. The first-order valence-electron chi connectivity index (χ1n) is 0. The zero-order valence-electron chi connectivity index (χ0n) is 2.13. The van der Waals surface area contributed by atoms with E-state index in [2.05, 4.69) is 0 Å². The van der Waals surface area contributed by atoms with E-state index in [1.165, 1.54) is 0 Å². The van der Waals surface area contributed by atoms with Crippen molar-refractivity contribution in [2.75, 3.05) is 0 Å². The van der Waals surface area contributed by atoms with Crippen LogP contribution in [0.15, 0.2) is 0 Å². The fourth-order valence-corrected chi connectivity index (χ4v) is 0. The van der Waals surface area contributed by atoms with E-state index in [-0.39, 0.29) is 61.9 Å². The molecule has 0 fully saturated rings. The Balaban J connectivity index is 0. The van der Waals surface area contributed by atoms with Gasteiger partial charge in [0.15, 0.2) is 0 Å². The fourth-order valence-electron chi connectivity index (χ4n) is 0. The molecule has 0 atom stereocenters. The van der Waals surface area contributed by atoms with Gasteiger partial charge in [0.05, 0.1) is 0 Å². The molecule has 0 saturated carbocycles. The minimum atomic E-state index is 0. The zero-order chi connectivity index (χ0) is 0. The minimum Gasteiger partial charge on any atom is -2.00 e. The standard InChI is InChI=1S/Li.Ni.O.W/q+1;+2;-2;. The van der Waals surface area contributed by atoms with Gasteiger partial charge in [0.2, 0.25) is 0 Å². The second kappa shape index (κ2) is 21.9. The van der Waals surface area contributed by atoms with E-state index < -0.39 is 0 Å². The molecule has 0 aliphatic carbocycles. The monoisotopic (exact) mass is 265 g/mol. The third-order valence-corrected chi connectivity index (χ3v) is 0. The molecular formula is LiNiOW+. The largest absolute Gasteiger partial charge is 2.00 e. The Hall–Kier alpha value is 1.74. The smallest absolute Gasteiger partial charge is 2.00 e. The van der Waals surface area contributed by atoms with Gasteiger partial charge in [0.1, 0.15) is 0 Å². The van der Waals surface area contributed by atoms with Crippen molar-refractivity contribution in [3.8, 4) is 0 Å². The van der Waals surface area contributed by atoms with Crippen LogP contribution in [0.3, 0.4) is 0 Å². The molecule has 0 radical (unpaired) electrons. The first-order chi connectivity index (χ1) is 0. The average Bonchev–Trinajstić information content (AvgIpc) is 0. The van der Waals surface area contributed by atoms with Crippen molar-refractivity contribution in [3.63, 3.8) is 0 Å². The van der Waals surface area contributed by atoms with Gasteiger partial charge >= 0.3 is 35.4 Å². The van der Waals surface area contributed by atoms with Crippen LogP contribution >= 0.6 is 0 Å². The van der Waals surface area contributed by atoms with Crippen molar-refractivity contribution >= 4 is 0 Å². The van der Waals surface area contributed by atoms with Crippen molar-refractivity contribution in [3.05, 3.63) is 0 Å². The van der Waals surface area contributed by atoms with Gasteiger partial charge < -0.3 is 5.48 Å². The van der Waals surface area contributed by atoms with Gasteiger partial charge in [0, 0.05) is 21.1 Å². The summed E-state index contributed by atoms with van der Waals surface area (Å²) in [6.45, 7) is 0. The first-order valence-corrected chi connectivity index (χ1v) is 0. The van der Waals surface area contributed by atoms with Crippen molar-refractivity contribution in [2.24, 2.45) is 0 Å². The van der Waals surface area contributed by atoms with Gasteiger partial charge in [-0.1, -0.05) is 0 Å². The SMILES string of the molecule is [Li+].[Ni+2].[O-2].[W]. The summed E-state index contributed by atoms with van der Waals surface area (Å²) in [6, 6.07) is 0. The van der Waals surface area contributed by atoms with E-state index in [0.717, 1.165) is 0 Å². The summed E-state index contributed by atoms with van der Waals surface area (Å²) in [7, 11) is 0. The summed E-state index contributed by atoms with van der Waals surface area (Å²) in [4.78, 5) is 0. The van der Waals surface area contributed by atoms with Crippen LogP contribution in [-0.4, -0.2) is 0 Å². The van der Waals surface area contributed by atoms with Crippen LogP contribution in [0.1, 0.15) is 0 Å². The van der Waals surface area contributed by atoms with Gasteiger partial charge in [-0.25, -0.2) is 0 Å². The zero-order valence-corrected chi connectivity index (χ0v) is 6.05. The minimum absolute atomic E-state index is 0. The van der Waals surface area contributed by atoms with Crippen LogP contribution in [0, 0.1) is 0 Å². The molecule has 0 aromatic rings. The maximum Gasteiger partial charge on any atom is 2.00 e. The fraction of sp³-hybridized carbons (Fsp3) is 0. The van der Waals surface area contributed by atoms with Crippen LogP contribution in [0.2, 0.25) is 0 Å². The summed E-state index contributed by atoms with van der Waals surface area (Å²) in [5.74, 6) is 0. The Bertz CT molecular complexity index is 8.00. The van der Waals surface area contributed by atoms with E-state index in [1.807, 2.05) is 0 Å². The van der Waals surface area contributed by atoms with Gasteiger partial charge in [0.25, 0.3) is 0 Å². The average molecular weight is 265 g/mol. The summed E-state index contributed by atoms with van der Waals surface area (Å²) < 4.78 is 0. The molecule has 0 N–H and O–H groups in total. The van der Waals surface area contributed by atoms with E-state index in [1.54, 1.807) is 0 Å². The topological polar surface area (TPSA) is 28.5 Å². The molecule has 0 aliphatic rings. The van der Waals surface area contributed by atoms with Crippen molar-refractivity contribution < 1.29 is 61.9 Å². The van der Waals surface area contributed by atoms with Crippen LogP contribution in [0.4, 0.5) is 0 Å². The molecule has 4 heavy (non-hydrogen) atoms. The third kappa shape index (κ3) is 9.28. The summed E-state index contributed by atoms with van der Waals surface area (Å²) >= 11 is 0. The second-order valence-corrected chi connectivity index (χ2v) is 0. The normalized spacial score (nSPS) is 0. The molecule has 22 valence electrons. The van der Waals surface area contributed by atoms with Crippen molar-refractivity contribution in [2.45, 2.75) is 0 Å². The molecule has 1 nitrogen and oxygen atoms in total.